The molecule has 0 saturated heterocycles. The maximum Gasteiger partial charge on any atom is 0.417 e. The SMILES string of the molecule is CC(=O)Nc1cc([As](=O)(O)O)ccc1O.Cc1ccc2c(C(F)(F)F)cccc2n1. The Bertz CT molecular complexity index is 1130. The van der Waals surface area contributed by atoms with Gasteiger partial charge in [-0.15, -0.1) is 0 Å². The van der Waals surface area contributed by atoms with E-state index >= 15 is 0 Å². The predicted octanol–water partition coefficient (Wildman–Crippen LogP) is 2.47. The van der Waals surface area contributed by atoms with E-state index in [1.807, 2.05) is 0 Å². The molecule has 4 N–H and O–H groups in total. The molecule has 0 aliphatic heterocycles. The molecule has 1 amide bonds. The number of anilines is 1. The molecule has 2 aromatic carbocycles. The van der Waals surface area contributed by atoms with Crippen LogP contribution in [0.15, 0.2) is 48.5 Å². The number of fused-ring (bicyclic) bond motifs is 1. The zero-order valence-electron chi connectivity index (χ0n) is 15.8. The molecule has 7 nitrogen and oxygen atoms in total. The summed E-state index contributed by atoms with van der Waals surface area (Å²) < 4.78 is 66.3. The number of rotatable bonds is 2. The van der Waals surface area contributed by atoms with E-state index in [1.54, 1.807) is 19.1 Å². The van der Waals surface area contributed by atoms with Gasteiger partial charge in [0.25, 0.3) is 0 Å². The van der Waals surface area contributed by atoms with Gasteiger partial charge in [0.1, 0.15) is 0 Å². The largest absolute Gasteiger partial charge is 0.417 e. The van der Waals surface area contributed by atoms with Gasteiger partial charge in [-0.25, -0.2) is 0 Å². The van der Waals surface area contributed by atoms with Gasteiger partial charge in [-0.05, 0) is 25.1 Å². The van der Waals surface area contributed by atoms with Gasteiger partial charge < -0.3 is 0 Å². The normalized spacial score (nSPS) is 11.6. The van der Waals surface area contributed by atoms with Crippen molar-refractivity contribution in [3.63, 3.8) is 0 Å². The topological polar surface area (TPSA) is 120 Å². The average Bonchev–Trinajstić information content (AvgIpc) is 2.61. The number of aryl methyl sites for hydroxylation is 1. The van der Waals surface area contributed by atoms with Crippen LogP contribution in [-0.2, 0) is 14.7 Å². The molecule has 1 aromatic heterocycles. The first-order chi connectivity index (χ1) is 13.8. The van der Waals surface area contributed by atoms with E-state index in [1.165, 1.54) is 19.1 Å². The van der Waals surface area contributed by atoms with E-state index in [4.69, 9.17) is 8.19 Å². The summed E-state index contributed by atoms with van der Waals surface area (Å²) in [6, 6.07) is 10.4. The molecular weight excluding hydrogens is 468 g/mol. The monoisotopic (exact) mass is 486 g/mol. The first kappa shape index (κ1) is 23.5. The number of halogens is 3. The van der Waals surface area contributed by atoms with Crippen molar-refractivity contribution in [3.8, 4) is 5.75 Å². The number of aromatic hydroxyl groups is 1. The van der Waals surface area contributed by atoms with Gasteiger partial charge in [0.05, 0.1) is 11.1 Å². The number of carbonyl (C=O) groups excluding carboxylic acids is 1. The summed E-state index contributed by atoms with van der Waals surface area (Å²) in [6.07, 6.45) is -4.32. The molecule has 0 saturated carbocycles. The molecule has 0 radical (unpaired) electrons. The van der Waals surface area contributed by atoms with Crippen LogP contribution in [0.4, 0.5) is 18.9 Å². The molecule has 0 bridgehead atoms. The molecule has 3 aromatic rings. The molecule has 11 heteroatoms. The number of aromatic nitrogens is 1. The summed E-state index contributed by atoms with van der Waals surface area (Å²) >= 11 is -4.98. The zero-order chi connectivity index (χ0) is 22.7. The van der Waals surface area contributed by atoms with Crippen LogP contribution >= 0.6 is 0 Å². The van der Waals surface area contributed by atoms with Crippen LogP contribution in [0.3, 0.4) is 0 Å². The quantitative estimate of drug-likeness (QED) is 0.327. The Morgan fingerprint density at radius 1 is 1.10 bits per heavy atom. The van der Waals surface area contributed by atoms with E-state index in [-0.39, 0.29) is 21.2 Å². The smallest absolute Gasteiger partial charge is 0.253 e. The molecular formula is C19H18AsF3N2O5. The Morgan fingerprint density at radius 2 is 1.77 bits per heavy atom. The zero-order valence-corrected chi connectivity index (χ0v) is 17.7. The molecule has 0 fully saturated rings. The fourth-order valence-electron chi connectivity index (χ4n) is 2.50. The first-order valence-corrected chi connectivity index (χ1v) is 11.8. The van der Waals surface area contributed by atoms with Crippen LogP contribution in [0.2, 0.25) is 0 Å². The van der Waals surface area contributed by atoms with Crippen LogP contribution in [0.1, 0.15) is 18.2 Å². The average molecular weight is 486 g/mol. The summed E-state index contributed by atoms with van der Waals surface area (Å²) in [6.45, 7) is 2.98. The van der Waals surface area contributed by atoms with Crippen molar-refractivity contribution in [1.82, 2.24) is 4.98 Å². The second-order valence-electron chi connectivity index (χ2n) is 6.25. The van der Waals surface area contributed by atoms with Crippen molar-refractivity contribution in [2.24, 2.45) is 0 Å². The molecule has 1 heterocycles. The van der Waals surface area contributed by atoms with E-state index in [0.717, 1.165) is 24.3 Å². The minimum absolute atomic E-state index is 0.00951. The molecule has 0 aliphatic rings. The van der Waals surface area contributed by atoms with Gasteiger partial charge in [-0.1, -0.05) is 12.1 Å². The molecule has 30 heavy (non-hydrogen) atoms. The van der Waals surface area contributed by atoms with Gasteiger partial charge >= 0.3 is 94.3 Å². The number of nitrogens with one attached hydrogen (secondary N) is 1. The standard InChI is InChI=1S/C11H8F3N.C8H10AsNO5/c1-7-5-6-8-9(11(12,13)14)3-2-4-10(8)15-7;1-5(11)10-7-4-6(9(13,14)15)2-3-8(7)12/h2-6H,1H3;2-4,12H,1H3,(H,10,11)(H2,13,14,15). The second-order valence-corrected chi connectivity index (χ2v) is 9.62. The van der Waals surface area contributed by atoms with Gasteiger partial charge in [0, 0.05) is 11.1 Å². The number of phenolic OH excluding ortho intramolecular Hbond substituents is 1. The number of nitrogens with zero attached hydrogens (tertiary/aromatic N) is 1. The molecule has 160 valence electrons. The Balaban J connectivity index is 0.000000214. The van der Waals surface area contributed by atoms with E-state index in [2.05, 4.69) is 10.3 Å². The number of benzene rings is 2. The number of carbonyl (C=O) groups is 1. The summed E-state index contributed by atoms with van der Waals surface area (Å²) in [5.41, 5.74) is 0.448. The van der Waals surface area contributed by atoms with E-state index in [0.29, 0.717) is 11.2 Å². The number of hydrogen-bond acceptors (Lipinski definition) is 4. The predicted molar refractivity (Wildman–Crippen MR) is 104 cm³/mol. The molecule has 0 atom stereocenters. The summed E-state index contributed by atoms with van der Waals surface area (Å²) in [4.78, 5) is 14.8. The minimum atomic E-state index is -4.98. The van der Waals surface area contributed by atoms with Gasteiger partial charge in [-0.2, -0.15) is 13.2 Å². The Hall–Kier alpha value is -2.81. The Kier molecular flexibility index (Phi) is 6.97. The summed E-state index contributed by atoms with van der Waals surface area (Å²) in [5.74, 6) is -0.668. The van der Waals surface area contributed by atoms with Crippen molar-refractivity contribution >= 4 is 41.0 Å². The molecule has 0 unspecified atom stereocenters. The maximum atomic E-state index is 12.6. The maximum absolute atomic E-state index is 12.6. The fraction of sp³-hybridized carbons (Fsp3) is 0.158. The van der Waals surface area contributed by atoms with Crippen LogP contribution < -0.4 is 9.67 Å². The molecule has 0 aliphatic carbocycles. The van der Waals surface area contributed by atoms with E-state index in [9.17, 15) is 26.8 Å². The summed E-state index contributed by atoms with van der Waals surface area (Å²) in [7, 11) is 0. The number of phenols is 1. The minimum Gasteiger partial charge on any atom is -0.253 e. The van der Waals surface area contributed by atoms with Gasteiger partial charge in [0.2, 0.25) is 0 Å². The van der Waals surface area contributed by atoms with Crippen molar-refractivity contribution in [3.05, 3.63) is 59.8 Å². The van der Waals surface area contributed by atoms with Crippen molar-refractivity contribution < 1.29 is 35.0 Å². The third-order valence-electron chi connectivity index (χ3n) is 3.80. The molecule has 0 spiro atoms. The number of hydrogen-bond donors (Lipinski definition) is 4. The third-order valence-corrected chi connectivity index (χ3v) is 5.80. The number of pyridine rings is 1. The Labute approximate surface area is 172 Å². The summed E-state index contributed by atoms with van der Waals surface area (Å²) in [5, 5.41) is 11.7. The Morgan fingerprint density at radius 3 is 2.33 bits per heavy atom. The molecule has 3 rings (SSSR count). The first-order valence-electron chi connectivity index (χ1n) is 8.39. The van der Waals surface area contributed by atoms with Gasteiger partial charge in [0.15, 0.2) is 0 Å². The van der Waals surface area contributed by atoms with Crippen molar-refractivity contribution in [2.45, 2.75) is 20.0 Å². The van der Waals surface area contributed by atoms with Crippen molar-refractivity contribution in [1.29, 1.82) is 0 Å². The number of amides is 1. The van der Waals surface area contributed by atoms with E-state index < -0.39 is 31.8 Å². The fourth-order valence-corrected chi connectivity index (χ4v) is 3.69. The van der Waals surface area contributed by atoms with Crippen LogP contribution in [0, 0.1) is 6.92 Å². The second kappa shape index (κ2) is 8.91. The van der Waals surface area contributed by atoms with Gasteiger partial charge in [-0.3, -0.25) is 4.98 Å². The van der Waals surface area contributed by atoms with Crippen LogP contribution in [-0.4, -0.2) is 38.4 Å². The third kappa shape index (κ3) is 6.09. The van der Waals surface area contributed by atoms with Crippen LogP contribution in [0.5, 0.6) is 5.75 Å². The van der Waals surface area contributed by atoms with Crippen molar-refractivity contribution in [2.75, 3.05) is 5.32 Å². The van der Waals surface area contributed by atoms with Crippen LogP contribution in [0.25, 0.3) is 10.9 Å². The number of alkyl halides is 3.